The van der Waals surface area contributed by atoms with E-state index in [0.717, 1.165) is 6.07 Å². The molecule has 0 bridgehead atoms. The Morgan fingerprint density at radius 3 is 2.62 bits per heavy atom. The van der Waals surface area contributed by atoms with Crippen molar-refractivity contribution in [1.82, 2.24) is 4.90 Å². The zero-order valence-corrected chi connectivity index (χ0v) is 16.2. The van der Waals surface area contributed by atoms with Crippen LogP contribution < -0.4 is 10.1 Å². The number of likely N-dealkylation sites (tertiary alicyclic amines) is 1. The lowest BCUT2D eigenvalue weighted by Gasteiger charge is -2.19. The molecule has 8 heteroatoms. The molecule has 154 valence electrons. The number of benzene rings is 2. The van der Waals surface area contributed by atoms with E-state index in [1.165, 1.54) is 36.2 Å². The topological polar surface area (TPSA) is 58.6 Å². The van der Waals surface area contributed by atoms with Gasteiger partial charge in [-0.25, -0.2) is 13.2 Å². The van der Waals surface area contributed by atoms with Crippen LogP contribution in [0.1, 0.15) is 25.3 Å². The SMILES string of the molecule is CC(C)Oc1cc(F)cc(C2CN(C)C(=O)C2C(=O)Nc2cccc(F)c2F)c1. The molecule has 0 radical (unpaired) electrons. The van der Waals surface area contributed by atoms with Crippen LogP contribution >= 0.6 is 0 Å². The Balaban J connectivity index is 1.92. The lowest BCUT2D eigenvalue weighted by Crippen LogP contribution is -2.33. The van der Waals surface area contributed by atoms with Gasteiger partial charge in [-0.3, -0.25) is 9.59 Å². The van der Waals surface area contributed by atoms with Crippen LogP contribution in [0.25, 0.3) is 0 Å². The third-order valence-electron chi connectivity index (χ3n) is 4.70. The first-order chi connectivity index (χ1) is 13.7. The van der Waals surface area contributed by atoms with Crippen LogP contribution in [0.15, 0.2) is 36.4 Å². The van der Waals surface area contributed by atoms with Crippen molar-refractivity contribution in [1.29, 1.82) is 0 Å². The number of anilines is 1. The number of hydrogen-bond acceptors (Lipinski definition) is 3. The minimum Gasteiger partial charge on any atom is -0.491 e. The number of halogens is 3. The third kappa shape index (κ3) is 4.36. The van der Waals surface area contributed by atoms with Crippen molar-refractivity contribution in [2.24, 2.45) is 5.92 Å². The molecule has 1 saturated heterocycles. The molecule has 1 aliphatic rings. The standard InChI is InChI=1S/C21H21F3N2O3/c1-11(2)29-14-8-12(7-13(22)9-14)15-10-26(3)21(28)18(15)20(27)25-17-6-4-5-16(23)19(17)24/h4-9,11,15,18H,10H2,1-3H3,(H,25,27). The van der Waals surface area contributed by atoms with E-state index in [9.17, 15) is 22.8 Å². The average Bonchev–Trinajstić information content (AvgIpc) is 2.93. The molecule has 1 fully saturated rings. The number of nitrogens with zero attached hydrogens (tertiary/aromatic N) is 1. The van der Waals surface area contributed by atoms with Crippen LogP contribution in [0.4, 0.5) is 18.9 Å². The minimum atomic E-state index is -1.21. The van der Waals surface area contributed by atoms with Crippen molar-refractivity contribution in [3.63, 3.8) is 0 Å². The summed E-state index contributed by atoms with van der Waals surface area (Å²) in [7, 11) is 1.52. The monoisotopic (exact) mass is 406 g/mol. The van der Waals surface area contributed by atoms with Gasteiger partial charge in [0.2, 0.25) is 11.8 Å². The Labute approximate surface area is 166 Å². The lowest BCUT2D eigenvalue weighted by atomic mass is 9.87. The van der Waals surface area contributed by atoms with Crippen molar-refractivity contribution in [3.8, 4) is 5.75 Å². The molecule has 29 heavy (non-hydrogen) atoms. The first-order valence-corrected chi connectivity index (χ1v) is 9.14. The average molecular weight is 406 g/mol. The molecule has 2 aromatic carbocycles. The molecule has 0 saturated carbocycles. The van der Waals surface area contributed by atoms with Gasteiger partial charge in [-0.1, -0.05) is 6.07 Å². The van der Waals surface area contributed by atoms with E-state index >= 15 is 0 Å². The highest BCUT2D eigenvalue weighted by Crippen LogP contribution is 2.36. The van der Waals surface area contributed by atoms with Gasteiger partial charge in [0.15, 0.2) is 11.6 Å². The van der Waals surface area contributed by atoms with Gasteiger partial charge in [0.1, 0.15) is 17.5 Å². The minimum absolute atomic E-state index is 0.174. The summed E-state index contributed by atoms with van der Waals surface area (Å²) in [5.41, 5.74) is 0.0531. The van der Waals surface area contributed by atoms with Crippen molar-refractivity contribution < 1.29 is 27.5 Å². The lowest BCUT2D eigenvalue weighted by molar-refractivity contribution is -0.135. The van der Waals surface area contributed by atoms with Gasteiger partial charge in [-0.05, 0) is 43.7 Å². The van der Waals surface area contributed by atoms with E-state index in [2.05, 4.69) is 5.32 Å². The zero-order chi connectivity index (χ0) is 21.3. The van der Waals surface area contributed by atoms with Gasteiger partial charge in [-0.15, -0.1) is 0 Å². The van der Waals surface area contributed by atoms with Crippen molar-refractivity contribution >= 4 is 17.5 Å². The molecule has 2 amide bonds. The quantitative estimate of drug-likeness (QED) is 0.771. The normalized spacial score (nSPS) is 19.0. The van der Waals surface area contributed by atoms with Gasteiger partial charge in [0, 0.05) is 25.6 Å². The Bertz CT molecular complexity index is 949. The number of ether oxygens (including phenoxy) is 1. The van der Waals surface area contributed by atoms with E-state index in [1.807, 2.05) is 0 Å². The number of carbonyl (C=O) groups is 2. The molecule has 1 heterocycles. The number of carbonyl (C=O) groups excluding carboxylic acids is 2. The Hall–Kier alpha value is -3.03. The first kappa shape index (κ1) is 20.7. The molecule has 2 aromatic rings. The smallest absolute Gasteiger partial charge is 0.237 e. The maximum absolute atomic E-state index is 14.1. The van der Waals surface area contributed by atoms with Gasteiger partial charge < -0.3 is 15.0 Å². The van der Waals surface area contributed by atoms with Crippen LogP contribution in [-0.4, -0.2) is 36.4 Å². The highest BCUT2D eigenvalue weighted by molar-refractivity contribution is 6.08. The highest BCUT2D eigenvalue weighted by Gasteiger charge is 2.44. The summed E-state index contributed by atoms with van der Waals surface area (Å²) in [6, 6.07) is 7.42. The second-order valence-corrected chi connectivity index (χ2v) is 7.28. The Morgan fingerprint density at radius 1 is 1.21 bits per heavy atom. The van der Waals surface area contributed by atoms with Gasteiger partial charge >= 0.3 is 0 Å². The summed E-state index contributed by atoms with van der Waals surface area (Å²) >= 11 is 0. The highest BCUT2D eigenvalue weighted by atomic mass is 19.2. The molecule has 1 aliphatic heterocycles. The van der Waals surface area contributed by atoms with Crippen LogP contribution in [0.3, 0.4) is 0 Å². The molecule has 3 rings (SSSR count). The van der Waals surface area contributed by atoms with Crippen LogP contribution in [0.5, 0.6) is 5.75 Å². The molecular weight excluding hydrogens is 385 g/mol. The van der Waals surface area contributed by atoms with Crippen molar-refractivity contribution in [2.75, 3.05) is 18.9 Å². The summed E-state index contributed by atoms with van der Waals surface area (Å²) in [6.07, 6.45) is -0.187. The van der Waals surface area contributed by atoms with E-state index in [4.69, 9.17) is 4.74 Å². The molecule has 5 nitrogen and oxygen atoms in total. The van der Waals surface area contributed by atoms with Crippen LogP contribution in [0, 0.1) is 23.4 Å². The van der Waals surface area contributed by atoms with Gasteiger partial charge in [0.25, 0.3) is 0 Å². The predicted molar refractivity (Wildman–Crippen MR) is 101 cm³/mol. The van der Waals surface area contributed by atoms with Crippen molar-refractivity contribution in [2.45, 2.75) is 25.9 Å². The molecule has 0 aromatic heterocycles. The number of nitrogens with one attached hydrogen (secondary N) is 1. The fraction of sp³-hybridized carbons (Fsp3) is 0.333. The second-order valence-electron chi connectivity index (χ2n) is 7.28. The summed E-state index contributed by atoms with van der Waals surface area (Å²) in [5, 5.41) is 2.28. The van der Waals surface area contributed by atoms with Crippen LogP contribution in [-0.2, 0) is 9.59 Å². The maximum Gasteiger partial charge on any atom is 0.237 e. The van der Waals surface area contributed by atoms with Gasteiger partial charge in [0.05, 0.1) is 11.8 Å². The molecule has 0 aliphatic carbocycles. The number of rotatable bonds is 5. The van der Waals surface area contributed by atoms with E-state index < -0.39 is 41.1 Å². The zero-order valence-electron chi connectivity index (χ0n) is 16.2. The number of amides is 2. The molecule has 2 unspecified atom stereocenters. The summed E-state index contributed by atoms with van der Waals surface area (Å²) in [4.78, 5) is 26.7. The number of hydrogen-bond donors (Lipinski definition) is 1. The molecular formula is C21H21F3N2O3. The third-order valence-corrected chi connectivity index (χ3v) is 4.70. The van der Waals surface area contributed by atoms with E-state index in [0.29, 0.717) is 5.56 Å². The maximum atomic E-state index is 14.1. The first-order valence-electron chi connectivity index (χ1n) is 9.14. The summed E-state index contributed by atoms with van der Waals surface area (Å²) in [6.45, 7) is 3.76. The summed E-state index contributed by atoms with van der Waals surface area (Å²) < 4.78 is 47.0. The van der Waals surface area contributed by atoms with E-state index in [1.54, 1.807) is 19.9 Å². The van der Waals surface area contributed by atoms with E-state index in [-0.39, 0.29) is 24.1 Å². The largest absolute Gasteiger partial charge is 0.491 e. The predicted octanol–water partition coefficient (Wildman–Crippen LogP) is 3.70. The fourth-order valence-corrected chi connectivity index (χ4v) is 3.44. The van der Waals surface area contributed by atoms with Crippen molar-refractivity contribution in [3.05, 3.63) is 59.4 Å². The molecule has 1 N–H and O–H groups in total. The second kappa shape index (κ2) is 8.14. The molecule has 0 spiro atoms. The van der Waals surface area contributed by atoms with Gasteiger partial charge in [-0.2, -0.15) is 0 Å². The Morgan fingerprint density at radius 2 is 1.93 bits per heavy atom. The Kier molecular flexibility index (Phi) is 5.81. The fourth-order valence-electron chi connectivity index (χ4n) is 3.44. The van der Waals surface area contributed by atoms with Crippen LogP contribution in [0.2, 0.25) is 0 Å². The number of likely N-dealkylation sites (N-methyl/N-ethyl adjacent to an activating group) is 1. The molecule has 2 atom stereocenters. The summed E-state index contributed by atoms with van der Waals surface area (Å²) in [5.74, 6) is -5.76.